The smallest absolute Gasteiger partial charge is 0.0248 e. The molecule has 0 spiro atoms. The Balaban J connectivity index is 2.61. The van der Waals surface area contributed by atoms with Gasteiger partial charge in [0.2, 0.25) is 0 Å². The van der Waals surface area contributed by atoms with Gasteiger partial charge in [0.1, 0.15) is 0 Å². The van der Waals surface area contributed by atoms with Crippen LogP contribution in [-0.4, -0.2) is 37.1 Å². The standard InChI is InChI=1S/C17H36N2/c1-15(2)19(4)17-14-12-10-8-6-5-7-9-11-13-16(17)18-3/h15-18H,5-14H2,1-4H3. The van der Waals surface area contributed by atoms with Gasteiger partial charge in [-0.3, -0.25) is 4.90 Å². The van der Waals surface area contributed by atoms with Gasteiger partial charge >= 0.3 is 0 Å². The third-order valence-electron chi connectivity index (χ3n) is 4.94. The third kappa shape index (κ3) is 6.27. The predicted octanol–water partition coefficient (Wildman–Crippen LogP) is 4.20. The fraction of sp³-hybridized carbons (Fsp3) is 1.00. The number of likely N-dealkylation sites (N-methyl/N-ethyl adjacent to an activating group) is 2. The second-order valence-electron chi connectivity index (χ2n) is 6.63. The summed E-state index contributed by atoms with van der Waals surface area (Å²) in [6.07, 6.45) is 14.2. The summed E-state index contributed by atoms with van der Waals surface area (Å²) in [5.74, 6) is 0. The Labute approximate surface area is 121 Å². The maximum Gasteiger partial charge on any atom is 0.0248 e. The fourth-order valence-corrected chi connectivity index (χ4v) is 3.38. The molecule has 1 rings (SSSR count). The zero-order valence-electron chi connectivity index (χ0n) is 13.8. The summed E-state index contributed by atoms with van der Waals surface area (Å²) < 4.78 is 0. The molecular weight excluding hydrogens is 232 g/mol. The zero-order chi connectivity index (χ0) is 14.1. The minimum Gasteiger partial charge on any atom is -0.315 e. The van der Waals surface area contributed by atoms with Crippen molar-refractivity contribution in [1.82, 2.24) is 10.2 Å². The van der Waals surface area contributed by atoms with Gasteiger partial charge in [0.15, 0.2) is 0 Å². The summed E-state index contributed by atoms with van der Waals surface area (Å²) in [5, 5.41) is 3.60. The number of hydrogen-bond acceptors (Lipinski definition) is 2. The van der Waals surface area contributed by atoms with Crippen LogP contribution in [0.3, 0.4) is 0 Å². The van der Waals surface area contributed by atoms with E-state index in [4.69, 9.17) is 0 Å². The lowest BCUT2D eigenvalue weighted by molar-refractivity contribution is 0.140. The van der Waals surface area contributed by atoms with E-state index in [1.54, 1.807) is 0 Å². The first-order valence-electron chi connectivity index (χ1n) is 8.56. The van der Waals surface area contributed by atoms with E-state index < -0.39 is 0 Å². The van der Waals surface area contributed by atoms with Crippen molar-refractivity contribution in [2.45, 2.75) is 96.2 Å². The van der Waals surface area contributed by atoms with E-state index in [1.807, 2.05) is 0 Å². The molecule has 0 saturated heterocycles. The van der Waals surface area contributed by atoms with Crippen molar-refractivity contribution in [3.63, 3.8) is 0 Å². The van der Waals surface area contributed by atoms with Gasteiger partial charge < -0.3 is 5.32 Å². The topological polar surface area (TPSA) is 15.3 Å². The van der Waals surface area contributed by atoms with Gasteiger partial charge in [-0.2, -0.15) is 0 Å². The summed E-state index contributed by atoms with van der Waals surface area (Å²) in [6.45, 7) is 4.64. The molecule has 1 fully saturated rings. The minimum absolute atomic E-state index is 0.647. The SMILES string of the molecule is CNC1CCCCCCCCCCC1N(C)C(C)C. The highest BCUT2D eigenvalue weighted by molar-refractivity contribution is 4.84. The largest absolute Gasteiger partial charge is 0.315 e. The normalized spacial score (nSPS) is 28.1. The second-order valence-corrected chi connectivity index (χ2v) is 6.63. The summed E-state index contributed by atoms with van der Waals surface area (Å²) in [7, 11) is 4.46. The molecule has 2 nitrogen and oxygen atoms in total. The zero-order valence-corrected chi connectivity index (χ0v) is 13.8. The number of nitrogens with zero attached hydrogens (tertiary/aromatic N) is 1. The van der Waals surface area contributed by atoms with Crippen molar-refractivity contribution in [2.24, 2.45) is 0 Å². The number of rotatable bonds is 3. The van der Waals surface area contributed by atoms with Crippen LogP contribution in [0.1, 0.15) is 78.1 Å². The molecule has 0 aliphatic heterocycles. The van der Waals surface area contributed by atoms with Crippen LogP contribution < -0.4 is 5.32 Å². The Kier molecular flexibility index (Phi) is 8.72. The van der Waals surface area contributed by atoms with Crippen LogP contribution in [0.15, 0.2) is 0 Å². The average molecular weight is 268 g/mol. The predicted molar refractivity (Wildman–Crippen MR) is 85.7 cm³/mol. The summed E-state index contributed by atoms with van der Waals surface area (Å²) >= 11 is 0. The van der Waals surface area contributed by atoms with Gasteiger partial charge in [-0.25, -0.2) is 0 Å². The highest BCUT2D eigenvalue weighted by Crippen LogP contribution is 2.21. The van der Waals surface area contributed by atoms with Gasteiger partial charge in [-0.15, -0.1) is 0 Å². The van der Waals surface area contributed by atoms with E-state index >= 15 is 0 Å². The Morgan fingerprint density at radius 3 is 1.79 bits per heavy atom. The van der Waals surface area contributed by atoms with Crippen LogP contribution in [0.5, 0.6) is 0 Å². The molecule has 0 aromatic heterocycles. The summed E-state index contributed by atoms with van der Waals surface area (Å²) in [6, 6.07) is 2.03. The fourth-order valence-electron chi connectivity index (χ4n) is 3.38. The van der Waals surface area contributed by atoms with E-state index in [0.717, 1.165) is 0 Å². The minimum atomic E-state index is 0.647. The molecule has 0 aromatic rings. The van der Waals surface area contributed by atoms with Crippen molar-refractivity contribution < 1.29 is 0 Å². The molecule has 0 aromatic carbocycles. The monoisotopic (exact) mass is 268 g/mol. The van der Waals surface area contributed by atoms with Crippen LogP contribution in [0, 0.1) is 0 Å². The lowest BCUT2D eigenvalue weighted by atomic mass is 9.92. The highest BCUT2D eigenvalue weighted by Gasteiger charge is 2.25. The van der Waals surface area contributed by atoms with E-state index in [1.165, 1.54) is 64.2 Å². The summed E-state index contributed by atoms with van der Waals surface area (Å²) in [5.41, 5.74) is 0. The van der Waals surface area contributed by atoms with E-state index in [2.05, 4.69) is 38.2 Å². The molecule has 2 unspecified atom stereocenters. The van der Waals surface area contributed by atoms with Crippen LogP contribution in [0.25, 0.3) is 0 Å². The van der Waals surface area contributed by atoms with Gasteiger partial charge in [0, 0.05) is 18.1 Å². The maximum absolute atomic E-state index is 3.60. The molecule has 0 radical (unpaired) electrons. The molecule has 19 heavy (non-hydrogen) atoms. The quantitative estimate of drug-likeness (QED) is 0.825. The van der Waals surface area contributed by atoms with E-state index in [9.17, 15) is 0 Å². The number of nitrogens with one attached hydrogen (secondary N) is 1. The lowest BCUT2D eigenvalue weighted by Crippen LogP contribution is -2.50. The molecule has 1 saturated carbocycles. The van der Waals surface area contributed by atoms with Crippen molar-refractivity contribution in [2.75, 3.05) is 14.1 Å². The number of hydrogen-bond donors (Lipinski definition) is 1. The molecule has 2 atom stereocenters. The average Bonchev–Trinajstić information content (AvgIpc) is 2.38. The van der Waals surface area contributed by atoms with Gasteiger partial charge in [0.25, 0.3) is 0 Å². The molecule has 114 valence electrons. The highest BCUT2D eigenvalue weighted by atomic mass is 15.2. The molecular formula is C17H36N2. The lowest BCUT2D eigenvalue weighted by Gasteiger charge is -2.37. The van der Waals surface area contributed by atoms with E-state index in [-0.39, 0.29) is 0 Å². The first kappa shape index (κ1) is 17.0. The van der Waals surface area contributed by atoms with Crippen LogP contribution in [0.4, 0.5) is 0 Å². The Hall–Kier alpha value is -0.0800. The Bertz CT molecular complexity index is 215. The molecule has 0 heterocycles. The third-order valence-corrected chi connectivity index (χ3v) is 4.94. The molecule has 1 aliphatic carbocycles. The van der Waals surface area contributed by atoms with Crippen molar-refractivity contribution in [3.8, 4) is 0 Å². The molecule has 2 heteroatoms. The van der Waals surface area contributed by atoms with Crippen molar-refractivity contribution in [3.05, 3.63) is 0 Å². The Morgan fingerprint density at radius 2 is 1.32 bits per heavy atom. The summed E-state index contributed by atoms with van der Waals surface area (Å²) in [4.78, 5) is 2.59. The molecule has 0 bridgehead atoms. The van der Waals surface area contributed by atoms with Crippen molar-refractivity contribution in [1.29, 1.82) is 0 Å². The van der Waals surface area contributed by atoms with Gasteiger partial charge in [-0.05, 0) is 40.8 Å². The van der Waals surface area contributed by atoms with Gasteiger partial charge in [-0.1, -0.05) is 51.4 Å². The molecule has 1 N–H and O–H groups in total. The van der Waals surface area contributed by atoms with E-state index in [0.29, 0.717) is 18.1 Å². The maximum atomic E-state index is 3.60. The molecule has 1 aliphatic rings. The first-order valence-corrected chi connectivity index (χ1v) is 8.56. The first-order chi connectivity index (χ1) is 9.16. The van der Waals surface area contributed by atoms with Crippen LogP contribution >= 0.6 is 0 Å². The second kappa shape index (κ2) is 9.77. The van der Waals surface area contributed by atoms with Crippen LogP contribution in [-0.2, 0) is 0 Å². The van der Waals surface area contributed by atoms with Crippen molar-refractivity contribution >= 4 is 0 Å². The Morgan fingerprint density at radius 1 is 0.842 bits per heavy atom. The molecule has 0 amide bonds. The van der Waals surface area contributed by atoms with Gasteiger partial charge in [0.05, 0.1) is 0 Å². The van der Waals surface area contributed by atoms with Crippen LogP contribution in [0.2, 0.25) is 0 Å².